The van der Waals surface area contributed by atoms with Crippen molar-refractivity contribution in [2.75, 3.05) is 18.5 Å². The average Bonchev–Trinajstić information content (AvgIpc) is 2.04. The molecule has 1 aliphatic heterocycles. The maximum Gasteiger partial charge on any atom is 0.0396 e. The van der Waals surface area contributed by atoms with E-state index in [9.17, 15) is 0 Å². The van der Waals surface area contributed by atoms with Gasteiger partial charge in [-0.15, -0.1) is 0 Å². The van der Waals surface area contributed by atoms with E-state index in [1.807, 2.05) is 0 Å². The first kappa shape index (κ1) is 7.66. The van der Waals surface area contributed by atoms with Gasteiger partial charge in [-0.1, -0.05) is 17.7 Å². The van der Waals surface area contributed by atoms with Gasteiger partial charge in [0.1, 0.15) is 0 Å². The van der Waals surface area contributed by atoms with Gasteiger partial charge in [0.2, 0.25) is 0 Å². The lowest BCUT2D eigenvalue weighted by Crippen LogP contribution is -2.24. The second-order valence-corrected chi connectivity index (χ2v) is 3.66. The minimum absolute atomic E-state index is 1.20. The number of benzene rings is 1. The van der Waals surface area contributed by atoms with Crippen LogP contribution in [0, 0.1) is 6.92 Å². The third kappa shape index (κ3) is 1.20. The summed E-state index contributed by atoms with van der Waals surface area (Å²) in [5.41, 5.74) is 4.32. The Morgan fingerprint density at radius 2 is 2.17 bits per heavy atom. The van der Waals surface area contributed by atoms with Crippen LogP contribution < -0.4 is 4.90 Å². The summed E-state index contributed by atoms with van der Waals surface area (Å²) in [4.78, 5) is 2.35. The van der Waals surface area contributed by atoms with Crippen molar-refractivity contribution >= 4 is 5.69 Å². The largest absolute Gasteiger partial charge is 0.374 e. The topological polar surface area (TPSA) is 3.24 Å². The first-order valence-corrected chi connectivity index (χ1v) is 4.58. The molecule has 1 heterocycles. The summed E-state index contributed by atoms with van der Waals surface area (Å²) in [6.07, 6.45) is 2.55. The van der Waals surface area contributed by atoms with E-state index in [0.29, 0.717) is 0 Å². The molecule has 0 unspecified atom stereocenters. The molecule has 1 nitrogen and oxygen atoms in total. The Hall–Kier alpha value is -0.980. The lowest BCUT2D eigenvalue weighted by molar-refractivity contribution is 0.744. The third-order valence-corrected chi connectivity index (χ3v) is 2.59. The van der Waals surface area contributed by atoms with Crippen LogP contribution in [-0.4, -0.2) is 13.6 Å². The average molecular weight is 161 g/mol. The Bertz CT molecular complexity index is 291. The fraction of sp³-hybridized carbons (Fsp3) is 0.455. The van der Waals surface area contributed by atoms with E-state index < -0.39 is 0 Å². The lowest BCUT2D eigenvalue weighted by Gasteiger charge is -2.27. The zero-order valence-corrected chi connectivity index (χ0v) is 7.80. The number of hydrogen-bond donors (Lipinski definition) is 0. The summed E-state index contributed by atoms with van der Waals surface area (Å²) in [7, 11) is 2.17. The van der Waals surface area contributed by atoms with Crippen LogP contribution in [0.2, 0.25) is 0 Å². The van der Waals surface area contributed by atoms with Crippen LogP contribution in [0.1, 0.15) is 17.5 Å². The molecule has 0 spiro atoms. The molecule has 12 heavy (non-hydrogen) atoms. The maximum atomic E-state index is 2.35. The molecule has 64 valence electrons. The molecule has 1 aliphatic rings. The number of rotatable bonds is 0. The summed E-state index contributed by atoms with van der Waals surface area (Å²) in [6, 6.07) is 6.75. The van der Waals surface area contributed by atoms with Crippen molar-refractivity contribution in [1.82, 2.24) is 0 Å². The molecule has 0 fully saturated rings. The van der Waals surface area contributed by atoms with E-state index in [4.69, 9.17) is 0 Å². The van der Waals surface area contributed by atoms with Crippen molar-refractivity contribution in [3.05, 3.63) is 29.3 Å². The zero-order valence-electron chi connectivity index (χ0n) is 7.80. The van der Waals surface area contributed by atoms with E-state index in [2.05, 4.69) is 37.1 Å². The molecule has 0 aliphatic carbocycles. The Morgan fingerprint density at radius 1 is 1.33 bits per heavy atom. The van der Waals surface area contributed by atoms with Gasteiger partial charge in [-0.2, -0.15) is 0 Å². The van der Waals surface area contributed by atoms with Gasteiger partial charge in [0, 0.05) is 19.3 Å². The number of aryl methyl sites for hydroxylation is 2. The van der Waals surface area contributed by atoms with Gasteiger partial charge >= 0.3 is 0 Å². The smallest absolute Gasteiger partial charge is 0.0396 e. The number of nitrogens with zero attached hydrogens (tertiary/aromatic N) is 1. The van der Waals surface area contributed by atoms with Gasteiger partial charge in [-0.25, -0.2) is 0 Å². The summed E-state index contributed by atoms with van der Waals surface area (Å²) in [5.74, 6) is 0. The molecule has 0 aromatic heterocycles. The predicted molar refractivity (Wildman–Crippen MR) is 52.8 cm³/mol. The highest BCUT2D eigenvalue weighted by Gasteiger charge is 2.12. The molecule has 0 atom stereocenters. The van der Waals surface area contributed by atoms with Gasteiger partial charge in [-0.05, 0) is 31.4 Å². The molecular weight excluding hydrogens is 146 g/mol. The minimum atomic E-state index is 1.20. The van der Waals surface area contributed by atoms with Crippen LogP contribution in [0.25, 0.3) is 0 Å². The van der Waals surface area contributed by atoms with Crippen molar-refractivity contribution in [1.29, 1.82) is 0 Å². The van der Waals surface area contributed by atoms with Crippen LogP contribution in [-0.2, 0) is 6.42 Å². The molecule has 2 rings (SSSR count). The second-order valence-electron chi connectivity index (χ2n) is 3.66. The molecule has 1 heteroatoms. The summed E-state index contributed by atoms with van der Waals surface area (Å²) >= 11 is 0. The van der Waals surface area contributed by atoms with E-state index in [0.717, 1.165) is 0 Å². The molecule has 0 saturated heterocycles. The Balaban J connectivity index is 2.46. The van der Waals surface area contributed by atoms with Crippen LogP contribution in [0.15, 0.2) is 18.2 Å². The number of anilines is 1. The fourth-order valence-electron chi connectivity index (χ4n) is 1.91. The van der Waals surface area contributed by atoms with Crippen molar-refractivity contribution in [2.24, 2.45) is 0 Å². The standard InChI is InChI=1S/C11H15N/c1-9-5-6-11-10(8-9)4-3-7-12(11)2/h5-6,8H,3-4,7H2,1-2H3. The Kier molecular flexibility index (Phi) is 1.80. The normalized spacial score (nSPS) is 16.0. The molecule has 0 radical (unpaired) electrons. The van der Waals surface area contributed by atoms with Gasteiger partial charge < -0.3 is 4.90 Å². The highest BCUT2D eigenvalue weighted by molar-refractivity contribution is 5.55. The highest BCUT2D eigenvalue weighted by atomic mass is 15.1. The first-order chi connectivity index (χ1) is 5.77. The number of hydrogen-bond acceptors (Lipinski definition) is 1. The van der Waals surface area contributed by atoms with Gasteiger partial charge in [-0.3, -0.25) is 0 Å². The van der Waals surface area contributed by atoms with E-state index in [1.54, 1.807) is 0 Å². The van der Waals surface area contributed by atoms with Crippen molar-refractivity contribution in [2.45, 2.75) is 19.8 Å². The van der Waals surface area contributed by atoms with Crippen LogP contribution in [0.3, 0.4) is 0 Å². The zero-order chi connectivity index (χ0) is 8.55. The molecule has 0 N–H and O–H groups in total. The predicted octanol–water partition coefficient (Wildman–Crippen LogP) is 2.38. The summed E-state index contributed by atoms with van der Waals surface area (Å²) < 4.78 is 0. The summed E-state index contributed by atoms with van der Waals surface area (Å²) in [5, 5.41) is 0. The van der Waals surface area contributed by atoms with Crippen molar-refractivity contribution < 1.29 is 0 Å². The Morgan fingerprint density at radius 3 is 3.00 bits per heavy atom. The summed E-state index contributed by atoms with van der Waals surface area (Å²) in [6.45, 7) is 3.37. The SMILES string of the molecule is Cc1ccc2c(c1)CCCN2C. The van der Waals surface area contributed by atoms with Gasteiger partial charge in [0.25, 0.3) is 0 Å². The maximum absolute atomic E-state index is 2.35. The fourth-order valence-corrected chi connectivity index (χ4v) is 1.91. The van der Waals surface area contributed by atoms with E-state index in [-0.39, 0.29) is 0 Å². The lowest BCUT2D eigenvalue weighted by atomic mass is 10.0. The minimum Gasteiger partial charge on any atom is -0.374 e. The van der Waals surface area contributed by atoms with Gasteiger partial charge in [0.05, 0.1) is 0 Å². The van der Waals surface area contributed by atoms with Crippen molar-refractivity contribution in [3.8, 4) is 0 Å². The first-order valence-electron chi connectivity index (χ1n) is 4.58. The second kappa shape index (κ2) is 2.81. The quantitative estimate of drug-likeness (QED) is 0.564. The molecule has 0 saturated carbocycles. The molecular formula is C11H15N. The molecule has 0 amide bonds. The van der Waals surface area contributed by atoms with Crippen molar-refractivity contribution in [3.63, 3.8) is 0 Å². The van der Waals surface area contributed by atoms with Crippen LogP contribution >= 0.6 is 0 Å². The van der Waals surface area contributed by atoms with Crippen LogP contribution in [0.5, 0.6) is 0 Å². The van der Waals surface area contributed by atoms with Crippen LogP contribution in [0.4, 0.5) is 5.69 Å². The molecule has 1 aromatic carbocycles. The van der Waals surface area contributed by atoms with E-state index in [1.165, 1.54) is 36.2 Å². The molecule has 0 bridgehead atoms. The monoisotopic (exact) mass is 161 g/mol. The molecule has 1 aromatic rings. The number of fused-ring (bicyclic) bond motifs is 1. The highest BCUT2D eigenvalue weighted by Crippen LogP contribution is 2.26. The van der Waals surface area contributed by atoms with Gasteiger partial charge in [0.15, 0.2) is 0 Å². The van der Waals surface area contributed by atoms with E-state index >= 15 is 0 Å². The Labute approximate surface area is 74.0 Å². The third-order valence-electron chi connectivity index (χ3n) is 2.59.